The van der Waals surface area contributed by atoms with Crippen LogP contribution in [0.4, 0.5) is 5.69 Å². The standard InChI is InChI=1S/C19H20N4O5/c1-5-27-19(26)15-14-17(28-22-15)20-12(4)23(18(14)25)11(3)16(24)21-13-8-6-7-10(2)9-13/h6-9,11H,5H2,1-4H3,(H,21,24)/t11-/m1/s1. The number of benzene rings is 1. The van der Waals surface area contributed by atoms with Gasteiger partial charge in [-0.3, -0.25) is 14.2 Å². The maximum absolute atomic E-state index is 13.0. The van der Waals surface area contributed by atoms with Crippen molar-refractivity contribution in [2.24, 2.45) is 0 Å². The first-order chi connectivity index (χ1) is 13.3. The van der Waals surface area contributed by atoms with Crippen LogP contribution in [0.5, 0.6) is 0 Å². The first-order valence-electron chi connectivity index (χ1n) is 8.76. The van der Waals surface area contributed by atoms with Gasteiger partial charge in [-0.05, 0) is 45.4 Å². The van der Waals surface area contributed by atoms with Crippen molar-refractivity contribution in [1.29, 1.82) is 0 Å². The lowest BCUT2D eigenvalue weighted by Crippen LogP contribution is -2.34. The van der Waals surface area contributed by atoms with Crippen molar-refractivity contribution in [2.45, 2.75) is 33.7 Å². The van der Waals surface area contributed by atoms with Crippen LogP contribution in [0, 0.1) is 13.8 Å². The van der Waals surface area contributed by atoms with E-state index in [-0.39, 0.29) is 29.2 Å². The van der Waals surface area contributed by atoms with E-state index in [1.54, 1.807) is 26.8 Å². The van der Waals surface area contributed by atoms with Gasteiger partial charge in [0.25, 0.3) is 11.3 Å². The number of nitrogens with one attached hydrogen (secondary N) is 1. The molecule has 0 saturated heterocycles. The van der Waals surface area contributed by atoms with Gasteiger partial charge in [-0.25, -0.2) is 4.79 Å². The third-order valence-corrected chi connectivity index (χ3v) is 4.24. The lowest BCUT2D eigenvalue weighted by atomic mass is 10.2. The molecule has 2 heterocycles. The molecule has 0 aliphatic carbocycles. The van der Waals surface area contributed by atoms with E-state index in [0.717, 1.165) is 5.56 Å². The Hall–Kier alpha value is -3.49. The van der Waals surface area contributed by atoms with Crippen LogP contribution in [-0.2, 0) is 9.53 Å². The summed E-state index contributed by atoms with van der Waals surface area (Å²) in [5.41, 5.74) is 0.681. The van der Waals surface area contributed by atoms with Crippen molar-refractivity contribution < 1.29 is 18.8 Å². The van der Waals surface area contributed by atoms with Crippen molar-refractivity contribution in [3.05, 3.63) is 51.7 Å². The molecule has 1 aromatic carbocycles. The molecule has 1 N–H and O–H groups in total. The lowest BCUT2D eigenvalue weighted by Gasteiger charge is -2.17. The second kappa shape index (κ2) is 7.63. The van der Waals surface area contributed by atoms with E-state index in [1.165, 1.54) is 4.57 Å². The molecular formula is C19H20N4O5. The zero-order valence-corrected chi connectivity index (χ0v) is 16.0. The third kappa shape index (κ3) is 3.51. The highest BCUT2D eigenvalue weighted by molar-refractivity contribution is 6.00. The van der Waals surface area contributed by atoms with Crippen LogP contribution in [0.3, 0.4) is 0 Å². The molecule has 1 atom stereocenters. The number of aryl methyl sites for hydroxylation is 2. The Morgan fingerprint density at radius 3 is 2.75 bits per heavy atom. The first kappa shape index (κ1) is 19.3. The van der Waals surface area contributed by atoms with E-state index in [0.29, 0.717) is 5.69 Å². The minimum atomic E-state index is -0.880. The average Bonchev–Trinajstić information content (AvgIpc) is 3.06. The number of nitrogens with zero attached hydrogens (tertiary/aromatic N) is 3. The van der Waals surface area contributed by atoms with Gasteiger partial charge in [0.15, 0.2) is 0 Å². The van der Waals surface area contributed by atoms with E-state index in [9.17, 15) is 14.4 Å². The normalized spacial score (nSPS) is 12.0. The van der Waals surface area contributed by atoms with Crippen LogP contribution in [0.25, 0.3) is 11.1 Å². The molecule has 9 nitrogen and oxygen atoms in total. The molecule has 0 spiro atoms. The fourth-order valence-electron chi connectivity index (χ4n) is 2.90. The van der Waals surface area contributed by atoms with Crippen LogP contribution < -0.4 is 10.9 Å². The molecule has 1 amide bonds. The Bertz CT molecular complexity index is 1120. The highest BCUT2D eigenvalue weighted by Gasteiger charge is 2.27. The number of hydrogen-bond donors (Lipinski definition) is 1. The van der Waals surface area contributed by atoms with Crippen molar-refractivity contribution >= 4 is 28.7 Å². The van der Waals surface area contributed by atoms with Gasteiger partial charge < -0.3 is 14.6 Å². The summed E-state index contributed by atoms with van der Waals surface area (Å²) in [7, 11) is 0. The quantitative estimate of drug-likeness (QED) is 0.671. The number of anilines is 1. The second-order valence-corrected chi connectivity index (χ2v) is 6.30. The van der Waals surface area contributed by atoms with Crippen LogP contribution in [-0.4, -0.2) is 33.2 Å². The zero-order valence-electron chi connectivity index (χ0n) is 16.0. The number of ether oxygens (including phenoxy) is 1. The molecule has 0 saturated carbocycles. The highest BCUT2D eigenvalue weighted by atomic mass is 16.5. The largest absolute Gasteiger partial charge is 0.461 e. The number of hydrogen-bond acceptors (Lipinski definition) is 7. The van der Waals surface area contributed by atoms with Gasteiger partial charge in [-0.1, -0.05) is 17.3 Å². The minimum Gasteiger partial charge on any atom is -0.461 e. The number of rotatable bonds is 5. The highest BCUT2D eigenvalue weighted by Crippen LogP contribution is 2.18. The summed E-state index contributed by atoms with van der Waals surface area (Å²) < 4.78 is 11.1. The van der Waals surface area contributed by atoms with Gasteiger partial charge in [0.05, 0.1) is 6.61 Å². The van der Waals surface area contributed by atoms with Crippen LogP contribution >= 0.6 is 0 Å². The van der Waals surface area contributed by atoms with Crippen molar-refractivity contribution in [3.63, 3.8) is 0 Å². The summed E-state index contributed by atoms with van der Waals surface area (Å²) >= 11 is 0. The fraction of sp³-hybridized carbons (Fsp3) is 0.316. The summed E-state index contributed by atoms with van der Waals surface area (Å²) in [6, 6.07) is 6.43. The van der Waals surface area contributed by atoms with E-state index in [1.807, 2.05) is 25.1 Å². The van der Waals surface area contributed by atoms with E-state index in [4.69, 9.17) is 9.26 Å². The molecule has 0 bridgehead atoms. The molecule has 2 aromatic heterocycles. The third-order valence-electron chi connectivity index (χ3n) is 4.24. The summed E-state index contributed by atoms with van der Waals surface area (Å²) in [6.45, 7) is 6.82. The molecule has 146 valence electrons. The predicted molar refractivity (Wildman–Crippen MR) is 101 cm³/mol. The van der Waals surface area contributed by atoms with Gasteiger partial charge in [-0.2, -0.15) is 4.98 Å². The molecule has 0 unspecified atom stereocenters. The first-order valence-corrected chi connectivity index (χ1v) is 8.76. The molecule has 9 heteroatoms. The Labute approximate surface area is 160 Å². The smallest absolute Gasteiger partial charge is 0.361 e. The number of aromatic nitrogens is 3. The number of amides is 1. The summed E-state index contributed by atoms with van der Waals surface area (Å²) in [5.74, 6) is -0.922. The number of esters is 1. The predicted octanol–water partition coefficient (Wildman–Crippen LogP) is 2.38. The summed E-state index contributed by atoms with van der Waals surface area (Å²) in [6.07, 6.45) is 0. The van der Waals surface area contributed by atoms with Crippen LogP contribution in [0.2, 0.25) is 0 Å². The van der Waals surface area contributed by atoms with Crippen molar-refractivity contribution in [1.82, 2.24) is 14.7 Å². The Morgan fingerprint density at radius 1 is 1.32 bits per heavy atom. The Kier molecular flexibility index (Phi) is 5.25. The molecule has 3 aromatic rings. The van der Waals surface area contributed by atoms with E-state index < -0.39 is 23.5 Å². The van der Waals surface area contributed by atoms with Crippen LogP contribution in [0.1, 0.15) is 41.8 Å². The molecule has 0 fully saturated rings. The van der Waals surface area contributed by atoms with Gasteiger partial charge in [0, 0.05) is 5.69 Å². The number of carbonyl (C=O) groups excluding carboxylic acids is 2. The molecule has 3 rings (SSSR count). The minimum absolute atomic E-state index is 0.0758. The molecule has 28 heavy (non-hydrogen) atoms. The molecule has 0 aliphatic rings. The number of fused-ring (bicyclic) bond motifs is 1. The second-order valence-electron chi connectivity index (χ2n) is 6.30. The SMILES string of the molecule is CCOC(=O)c1noc2nc(C)n([C@H](C)C(=O)Nc3cccc(C)c3)c(=O)c12. The summed E-state index contributed by atoms with van der Waals surface area (Å²) in [5, 5.41) is 6.28. The van der Waals surface area contributed by atoms with Gasteiger partial charge in [-0.15, -0.1) is 0 Å². The monoisotopic (exact) mass is 384 g/mol. The molecular weight excluding hydrogens is 364 g/mol. The Morgan fingerprint density at radius 2 is 2.07 bits per heavy atom. The number of carbonyl (C=O) groups is 2. The van der Waals surface area contributed by atoms with E-state index in [2.05, 4.69) is 15.5 Å². The maximum atomic E-state index is 13.0. The molecule has 0 aliphatic heterocycles. The van der Waals surface area contributed by atoms with E-state index >= 15 is 0 Å². The average molecular weight is 384 g/mol. The van der Waals surface area contributed by atoms with Crippen LogP contribution in [0.15, 0.2) is 33.6 Å². The maximum Gasteiger partial charge on any atom is 0.361 e. The van der Waals surface area contributed by atoms with Gasteiger partial charge in [0.2, 0.25) is 11.6 Å². The Balaban J connectivity index is 2.01. The van der Waals surface area contributed by atoms with Crippen molar-refractivity contribution in [2.75, 3.05) is 11.9 Å². The van der Waals surface area contributed by atoms with Gasteiger partial charge in [0.1, 0.15) is 17.3 Å². The lowest BCUT2D eigenvalue weighted by molar-refractivity contribution is -0.118. The summed E-state index contributed by atoms with van der Waals surface area (Å²) in [4.78, 5) is 41.9. The zero-order chi connectivity index (χ0) is 20.4. The topological polar surface area (TPSA) is 116 Å². The van der Waals surface area contributed by atoms with Gasteiger partial charge >= 0.3 is 5.97 Å². The van der Waals surface area contributed by atoms with Crippen molar-refractivity contribution in [3.8, 4) is 0 Å². The fourth-order valence-corrected chi connectivity index (χ4v) is 2.90. The molecule has 0 radical (unpaired) electrons.